The van der Waals surface area contributed by atoms with Crippen molar-refractivity contribution in [3.63, 3.8) is 0 Å². The Morgan fingerprint density at radius 3 is 3.03 bits per heavy atom. The highest BCUT2D eigenvalue weighted by molar-refractivity contribution is 7.85. The van der Waals surface area contributed by atoms with Crippen LogP contribution in [0.5, 0.6) is 5.88 Å². The van der Waals surface area contributed by atoms with Crippen LogP contribution in [0.25, 0.3) is 0 Å². The smallest absolute Gasteiger partial charge is 0.352 e. The number of ether oxygens (including phenoxy) is 1. The lowest BCUT2D eigenvalue weighted by molar-refractivity contribution is 0.117. The zero-order valence-corrected chi connectivity index (χ0v) is 18.6. The van der Waals surface area contributed by atoms with Crippen LogP contribution in [0.1, 0.15) is 41.2 Å². The lowest BCUT2D eigenvalue weighted by Crippen LogP contribution is -2.41. The van der Waals surface area contributed by atoms with Crippen LogP contribution in [0, 0.1) is 0 Å². The summed E-state index contributed by atoms with van der Waals surface area (Å²) in [4.78, 5) is 15.5. The fraction of sp³-hybridized carbons (Fsp3) is 0.524. The summed E-state index contributed by atoms with van der Waals surface area (Å²) in [6.45, 7) is 1.25. The molecule has 0 fully saturated rings. The minimum atomic E-state index is -1.18. The van der Waals surface area contributed by atoms with E-state index in [1.54, 1.807) is 10.9 Å². The highest BCUT2D eigenvalue weighted by Crippen LogP contribution is 2.42. The van der Waals surface area contributed by atoms with Gasteiger partial charge < -0.3 is 20.1 Å². The highest BCUT2D eigenvalue weighted by atomic mass is 32.2. The number of urea groups is 1. The molecule has 2 heterocycles. The summed E-state index contributed by atoms with van der Waals surface area (Å²) in [6, 6.07) is 1.88. The zero-order chi connectivity index (χ0) is 21.7. The number of carbonyl (C=O) groups excluding carboxylic acids is 1. The quantitative estimate of drug-likeness (QED) is 0.666. The van der Waals surface area contributed by atoms with E-state index < -0.39 is 23.0 Å². The number of hydrogen-bond acceptors (Lipinski definition) is 5. The average Bonchev–Trinajstić information content (AvgIpc) is 3.46. The maximum atomic E-state index is 12.8. The van der Waals surface area contributed by atoms with Gasteiger partial charge in [0.25, 0.3) is 0 Å². The molecule has 3 aliphatic rings. The van der Waals surface area contributed by atoms with Gasteiger partial charge in [0.05, 0.1) is 24.9 Å². The van der Waals surface area contributed by atoms with E-state index in [2.05, 4.69) is 25.7 Å². The normalized spacial score (nSPS) is 22.7. The van der Waals surface area contributed by atoms with Gasteiger partial charge in [-0.15, -0.1) is 0 Å². The second-order valence-corrected chi connectivity index (χ2v) is 9.88. The summed E-state index contributed by atoms with van der Waals surface area (Å²) in [7, 11) is 2.83. The van der Waals surface area contributed by atoms with Crippen LogP contribution in [0.15, 0.2) is 21.5 Å². The van der Waals surface area contributed by atoms with Crippen molar-refractivity contribution in [2.45, 2.75) is 55.7 Å². The molecule has 3 unspecified atom stereocenters. The Morgan fingerprint density at radius 1 is 1.39 bits per heavy atom. The van der Waals surface area contributed by atoms with Crippen molar-refractivity contribution in [3.05, 3.63) is 34.5 Å². The molecule has 0 saturated heterocycles. The number of nitrogens with two attached hydrogens (primary N) is 1. The summed E-state index contributed by atoms with van der Waals surface area (Å²) in [5.41, 5.74) is 5.20. The summed E-state index contributed by atoms with van der Waals surface area (Å²) < 4.78 is 11.9. The third-order valence-corrected chi connectivity index (χ3v) is 7.59. The van der Waals surface area contributed by atoms with Crippen molar-refractivity contribution in [3.8, 4) is 5.88 Å². The van der Waals surface area contributed by atoms with Crippen molar-refractivity contribution in [1.82, 2.24) is 14.7 Å². The molecule has 0 saturated carbocycles. The maximum absolute atomic E-state index is 12.8. The van der Waals surface area contributed by atoms with Crippen molar-refractivity contribution in [2.75, 3.05) is 26.0 Å². The number of amides is 2. The van der Waals surface area contributed by atoms with E-state index in [0.717, 1.165) is 42.5 Å². The van der Waals surface area contributed by atoms with Gasteiger partial charge in [-0.2, -0.15) is 9.46 Å². The van der Waals surface area contributed by atoms with Gasteiger partial charge >= 0.3 is 6.03 Å². The number of anilines is 1. The Morgan fingerprint density at radius 2 is 2.23 bits per heavy atom. The number of hydrogen-bond donors (Lipinski definition) is 3. The molecule has 1 aliphatic heterocycles. The molecule has 2 aromatic rings. The predicted octanol–water partition coefficient (Wildman–Crippen LogP) is 1.94. The molecule has 9 nitrogen and oxygen atoms in total. The second-order valence-electron chi connectivity index (χ2n) is 8.63. The van der Waals surface area contributed by atoms with Crippen molar-refractivity contribution >= 4 is 22.6 Å². The molecule has 0 spiro atoms. The Bertz CT molecular complexity index is 1080. The molecule has 4 N–H and O–H groups in total. The first-order valence-corrected chi connectivity index (χ1v) is 11.9. The summed E-state index contributed by atoms with van der Waals surface area (Å²) in [6.07, 6.45) is 5.59. The number of nitrogens with zero attached hydrogens (tertiary/aromatic N) is 4. The van der Waals surface area contributed by atoms with E-state index in [4.69, 9.17) is 9.88 Å². The van der Waals surface area contributed by atoms with Crippen LogP contribution < -0.4 is 15.2 Å². The molecular weight excluding hydrogens is 416 g/mol. The molecule has 0 radical (unpaired) electrons. The number of aliphatic hydroxyl groups excluding tert-OH is 1. The largest absolute Gasteiger partial charge is 0.475 e. The summed E-state index contributed by atoms with van der Waals surface area (Å²) in [5.74, 6) is 0.588. The van der Waals surface area contributed by atoms with Gasteiger partial charge in [-0.3, -0.25) is 5.14 Å². The number of fused-ring (bicyclic) bond motifs is 3. The third kappa shape index (κ3) is 3.67. The molecule has 10 heteroatoms. The number of aliphatic hydroxyl groups is 1. The van der Waals surface area contributed by atoms with Crippen LogP contribution in [-0.2, 0) is 36.7 Å². The standard InChI is InChI=1S/C21H28N6O3S/c1-26(2)13-10-27-20(30-11-13)18(9-23-27)31(22)25-21(29)24-19-14-5-3-4-12(14)8-16-15(19)6-7-17(16)28/h8-9,13,17,28H,3-7,10-11H2,1-2H3,(H3,22,24,25,29). The van der Waals surface area contributed by atoms with E-state index in [-0.39, 0.29) is 6.04 Å². The van der Waals surface area contributed by atoms with Gasteiger partial charge in [0.15, 0.2) is 0 Å². The maximum Gasteiger partial charge on any atom is 0.352 e. The molecule has 5 rings (SSSR count). The Kier molecular flexibility index (Phi) is 5.33. The first-order chi connectivity index (χ1) is 14.9. The Labute approximate surface area is 183 Å². The summed E-state index contributed by atoms with van der Waals surface area (Å²) >= 11 is 0. The third-order valence-electron chi connectivity index (χ3n) is 6.49. The number of nitrogens with one attached hydrogen (secondary N) is 1. The van der Waals surface area contributed by atoms with Crippen molar-refractivity contribution in [2.24, 2.45) is 9.50 Å². The van der Waals surface area contributed by atoms with Crippen LogP contribution in [0.3, 0.4) is 0 Å². The van der Waals surface area contributed by atoms with Gasteiger partial charge in [-0.25, -0.2) is 9.48 Å². The minimum Gasteiger partial charge on any atom is -0.475 e. The van der Waals surface area contributed by atoms with E-state index in [1.807, 2.05) is 14.1 Å². The monoisotopic (exact) mass is 444 g/mol. The van der Waals surface area contributed by atoms with Crippen LogP contribution in [0.2, 0.25) is 0 Å². The topological polar surface area (TPSA) is 118 Å². The molecule has 1 aromatic heterocycles. The molecule has 3 atom stereocenters. The highest BCUT2D eigenvalue weighted by Gasteiger charge is 2.30. The molecule has 2 amide bonds. The predicted molar refractivity (Wildman–Crippen MR) is 118 cm³/mol. The number of benzene rings is 1. The number of carbonyl (C=O) groups is 1. The fourth-order valence-corrected chi connectivity index (χ4v) is 5.57. The lowest BCUT2D eigenvalue weighted by atomic mass is 9.98. The van der Waals surface area contributed by atoms with E-state index in [9.17, 15) is 9.90 Å². The van der Waals surface area contributed by atoms with Gasteiger partial charge in [-0.05, 0) is 68.5 Å². The Hall–Kier alpha value is -2.27. The van der Waals surface area contributed by atoms with E-state index in [1.165, 1.54) is 11.1 Å². The van der Waals surface area contributed by atoms with Gasteiger partial charge in [0.2, 0.25) is 5.88 Å². The number of aryl methyl sites for hydroxylation is 1. The molecule has 1 aromatic carbocycles. The van der Waals surface area contributed by atoms with Crippen LogP contribution in [0.4, 0.5) is 10.5 Å². The van der Waals surface area contributed by atoms with Gasteiger partial charge in [-0.1, -0.05) is 6.07 Å². The lowest BCUT2D eigenvalue weighted by Gasteiger charge is -2.29. The van der Waals surface area contributed by atoms with E-state index in [0.29, 0.717) is 30.3 Å². The Balaban J connectivity index is 1.39. The van der Waals surface area contributed by atoms with Gasteiger partial charge in [0.1, 0.15) is 11.5 Å². The molecule has 0 bridgehead atoms. The number of likely N-dealkylation sites (N-methyl/N-ethyl adjacent to an activating group) is 1. The SMILES string of the molecule is CN(C)C1COc2c(S(N)=NC(=O)Nc3c4c(cc5c3CCC5O)CCC4)cnn2C1. The molecular formula is C21H28N6O3S. The number of rotatable bonds is 3. The second kappa shape index (κ2) is 8.01. The van der Waals surface area contributed by atoms with Crippen LogP contribution in [-0.4, -0.2) is 52.6 Å². The first kappa shape index (κ1) is 20.6. The molecule has 166 valence electrons. The number of aromatic nitrogens is 2. The summed E-state index contributed by atoms with van der Waals surface area (Å²) in [5, 5.41) is 24.0. The van der Waals surface area contributed by atoms with Crippen molar-refractivity contribution < 1.29 is 14.6 Å². The minimum absolute atomic E-state index is 0.234. The van der Waals surface area contributed by atoms with Crippen LogP contribution >= 0.6 is 0 Å². The molecule has 2 aliphatic carbocycles. The first-order valence-electron chi connectivity index (χ1n) is 10.6. The fourth-order valence-electron chi connectivity index (χ4n) is 4.75. The molecule has 31 heavy (non-hydrogen) atoms. The van der Waals surface area contributed by atoms with Crippen molar-refractivity contribution in [1.29, 1.82) is 0 Å². The zero-order valence-electron chi connectivity index (χ0n) is 17.8. The van der Waals surface area contributed by atoms with Gasteiger partial charge in [0, 0.05) is 16.6 Å². The van der Waals surface area contributed by atoms with E-state index >= 15 is 0 Å². The average molecular weight is 445 g/mol.